The number of para-hydroxylation sites is 1. The van der Waals surface area contributed by atoms with Crippen LogP contribution in [0.1, 0.15) is 5.56 Å². The number of H-pyrrole nitrogens is 1. The number of amides is 1. The SMILES string of the molecule is O=C(Cc1cc(Cl)c2c(c1)OCCO2)Nc1cccc2cn[nH]c12. The number of fused-ring (bicyclic) bond motifs is 2. The zero-order chi connectivity index (χ0) is 16.5. The van der Waals surface area contributed by atoms with Gasteiger partial charge in [0.1, 0.15) is 13.2 Å². The van der Waals surface area contributed by atoms with Crippen molar-refractivity contribution in [2.45, 2.75) is 6.42 Å². The number of carbonyl (C=O) groups is 1. The molecular formula is C17H14ClN3O3. The second-order valence-corrected chi connectivity index (χ2v) is 5.87. The van der Waals surface area contributed by atoms with E-state index < -0.39 is 0 Å². The van der Waals surface area contributed by atoms with Crippen molar-refractivity contribution in [2.75, 3.05) is 18.5 Å². The molecule has 4 rings (SSSR count). The molecule has 6 nitrogen and oxygen atoms in total. The summed E-state index contributed by atoms with van der Waals surface area (Å²) in [6, 6.07) is 9.14. The van der Waals surface area contributed by atoms with Crippen LogP contribution < -0.4 is 14.8 Å². The molecule has 3 aromatic rings. The van der Waals surface area contributed by atoms with Crippen LogP contribution in [0.5, 0.6) is 11.5 Å². The molecule has 0 saturated carbocycles. The first kappa shape index (κ1) is 14.8. The lowest BCUT2D eigenvalue weighted by Crippen LogP contribution is -2.17. The molecular weight excluding hydrogens is 330 g/mol. The Morgan fingerprint density at radius 3 is 3.08 bits per heavy atom. The Morgan fingerprint density at radius 2 is 2.17 bits per heavy atom. The maximum absolute atomic E-state index is 12.4. The molecule has 0 unspecified atom stereocenters. The van der Waals surface area contributed by atoms with Gasteiger partial charge in [0.25, 0.3) is 0 Å². The molecule has 2 N–H and O–H groups in total. The summed E-state index contributed by atoms with van der Waals surface area (Å²) in [5, 5.41) is 11.2. The maximum Gasteiger partial charge on any atom is 0.228 e. The van der Waals surface area contributed by atoms with Crippen molar-refractivity contribution < 1.29 is 14.3 Å². The second kappa shape index (κ2) is 6.05. The molecule has 7 heteroatoms. The molecule has 2 aromatic carbocycles. The third kappa shape index (κ3) is 2.76. The molecule has 1 amide bonds. The number of hydrogen-bond acceptors (Lipinski definition) is 4. The van der Waals surface area contributed by atoms with Gasteiger partial charge in [-0.05, 0) is 23.8 Å². The molecule has 1 aliphatic rings. The molecule has 0 aliphatic carbocycles. The van der Waals surface area contributed by atoms with Crippen LogP contribution in [0.15, 0.2) is 36.5 Å². The van der Waals surface area contributed by atoms with Crippen LogP contribution in [-0.4, -0.2) is 29.3 Å². The molecule has 0 fully saturated rings. The highest BCUT2D eigenvalue weighted by Crippen LogP contribution is 2.38. The lowest BCUT2D eigenvalue weighted by Gasteiger charge is -2.20. The summed E-state index contributed by atoms with van der Waals surface area (Å²) >= 11 is 6.20. The van der Waals surface area contributed by atoms with Crippen molar-refractivity contribution in [1.29, 1.82) is 0 Å². The predicted octanol–water partition coefficient (Wildman–Crippen LogP) is 3.17. The predicted molar refractivity (Wildman–Crippen MR) is 90.9 cm³/mol. The Bertz CT molecular complexity index is 923. The lowest BCUT2D eigenvalue weighted by molar-refractivity contribution is -0.115. The van der Waals surface area contributed by atoms with Crippen molar-refractivity contribution in [1.82, 2.24) is 10.2 Å². The third-order valence-corrected chi connectivity index (χ3v) is 4.05. The number of hydrogen-bond donors (Lipinski definition) is 2. The van der Waals surface area contributed by atoms with Crippen LogP contribution in [0.25, 0.3) is 10.9 Å². The Labute approximate surface area is 142 Å². The largest absolute Gasteiger partial charge is 0.486 e. The summed E-state index contributed by atoms with van der Waals surface area (Å²) in [6.07, 6.45) is 1.90. The number of benzene rings is 2. The molecule has 2 heterocycles. The summed E-state index contributed by atoms with van der Waals surface area (Å²) < 4.78 is 11.0. The standard InChI is InChI=1S/C17H14ClN3O3/c18-12-6-10(7-14-17(12)24-5-4-23-14)8-15(22)20-13-3-1-2-11-9-19-21-16(11)13/h1-3,6-7,9H,4-5,8H2,(H,19,21)(H,20,22). The van der Waals surface area contributed by atoms with Gasteiger partial charge in [0, 0.05) is 5.39 Å². The number of anilines is 1. The van der Waals surface area contributed by atoms with Gasteiger partial charge < -0.3 is 14.8 Å². The normalized spacial score (nSPS) is 13.0. The summed E-state index contributed by atoms with van der Waals surface area (Å²) in [6.45, 7) is 0.946. The quantitative estimate of drug-likeness (QED) is 0.766. The van der Waals surface area contributed by atoms with Crippen molar-refractivity contribution in [3.8, 4) is 11.5 Å². The number of nitrogens with zero attached hydrogens (tertiary/aromatic N) is 1. The van der Waals surface area contributed by atoms with Crippen molar-refractivity contribution in [2.24, 2.45) is 0 Å². The number of nitrogens with one attached hydrogen (secondary N) is 2. The topological polar surface area (TPSA) is 76.2 Å². The highest BCUT2D eigenvalue weighted by Gasteiger charge is 2.18. The van der Waals surface area contributed by atoms with E-state index in [9.17, 15) is 4.79 Å². The number of carbonyl (C=O) groups excluding carboxylic acids is 1. The molecule has 1 aromatic heterocycles. The van der Waals surface area contributed by atoms with Crippen molar-refractivity contribution in [3.63, 3.8) is 0 Å². The first-order valence-electron chi connectivity index (χ1n) is 7.51. The molecule has 0 spiro atoms. The number of aromatic nitrogens is 2. The van der Waals surface area contributed by atoms with Crippen LogP contribution in [-0.2, 0) is 11.2 Å². The Balaban J connectivity index is 1.54. The Hall–Kier alpha value is -2.73. The van der Waals surface area contributed by atoms with E-state index in [2.05, 4.69) is 15.5 Å². The van der Waals surface area contributed by atoms with Gasteiger partial charge in [-0.2, -0.15) is 5.10 Å². The van der Waals surface area contributed by atoms with E-state index >= 15 is 0 Å². The van der Waals surface area contributed by atoms with E-state index in [1.807, 2.05) is 18.2 Å². The maximum atomic E-state index is 12.4. The van der Waals surface area contributed by atoms with Gasteiger partial charge in [-0.25, -0.2) is 0 Å². The van der Waals surface area contributed by atoms with Gasteiger partial charge in [0.2, 0.25) is 5.91 Å². The van der Waals surface area contributed by atoms with Crippen LogP contribution in [0.2, 0.25) is 5.02 Å². The van der Waals surface area contributed by atoms with Gasteiger partial charge in [-0.3, -0.25) is 9.89 Å². The molecule has 0 saturated heterocycles. The number of rotatable bonds is 3. The van der Waals surface area contributed by atoms with E-state index in [1.165, 1.54) is 0 Å². The van der Waals surface area contributed by atoms with E-state index in [0.29, 0.717) is 35.4 Å². The van der Waals surface area contributed by atoms with E-state index in [1.54, 1.807) is 18.3 Å². The smallest absolute Gasteiger partial charge is 0.228 e. The summed E-state index contributed by atoms with van der Waals surface area (Å²) in [7, 11) is 0. The molecule has 0 atom stereocenters. The third-order valence-electron chi connectivity index (χ3n) is 3.77. The van der Waals surface area contributed by atoms with E-state index in [-0.39, 0.29) is 12.3 Å². The lowest BCUT2D eigenvalue weighted by atomic mass is 10.1. The van der Waals surface area contributed by atoms with Crippen LogP contribution in [0.3, 0.4) is 0 Å². The number of halogens is 1. The minimum absolute atomic E-state index is 0.148. The average Bonchev–Trinajstić information content (AvgIpc) is 3.04. The highest BCUT2D eigenvalue weighted by molar-refractivity contribution is 6.32. The minimum atomic E-state index is -0.148. The molecule has 0 radical (unpaired) electrons. The fourth-order valence-electron chi connectivity index (χ4n) is 2.72. The van der Waals surface area contributed by atoms with Crippen molar-refractivity contribution in [3.05, 3.63) is 47.1 Å². The highest BCUT2D eigenvalue weighted by atomic mass is 35.5. The van der Waals surface area contributed by atoms with E-state index in [4.69, 9.17) is 21.1 Å². The fourth-order valence-corrected chi connectivity index (χ4v) is 3.01. The zero-order valence-electron chi connectivity index (χ0n) is 12.6. The Morgan fingerprint density at radius 1 is 1.29 bits per heavy atom. The van der Waals surface area contributed by atoms with Crippen LogP contribution in [0.4, 0.5) is 5.69 Å². The van der Waals surface area contributed by atoms with Crippen LogP contribution in [0, 0.1) is 0 Å². The van der Waals surface area contributed by atoms with E-state index in [0.717, 1.165) is 16.5 Å². The second-order valence-electron chi connectivity index (χ2n) is 5.47. The minimum Gasteiger partial charge on any atom is -0.486 e. The molecule has 24 heavy (non-hydrogen) atoms. The van der Waals surface area contributed by atoms with Gasteiger partial charge in [-0.1, -0.05) is 23.7 Å². The van der Waals surface area contributed by atoms with Gasteiger partial charge >= 0.3 is 0 Å². The number of aromatic amines is 1. The molecule has 1 aliphatic heterocycles. The van der Waals surface area contributed by atoms with Crippen LogP contribution >= 0.6 is 11.6 Å². The zero-order valence-corrected chi connectivity index (χ0v) is 13.4. The summed E-state index contributed by atoms with van der Waals surface area (Å²) in [4.78, 5) is 12.4. The van der Waals surface area contributed by atoms with Crippen molar-refractivity contribution >= 4 is 34.1 Å². The monoisotopic (exact) mass is 343 g/mol. The Kier molecular flexibility index (Phi) is 3.74. The van der Waals surface area contributed by atoms with Gasteiger partial charge in [-0.15, -0.1) is 0 Å². The summed E-state index contributed by atoms with van der Waals surface area (Å²) in [5.41, 5.74) is 2.25. The average molecular weight is 344 g/mol. The first-order chi connectivity index (χ1) is 11.7. The molecule has 0 bridgehead atoms. The van der Waals surface area contributed by atoms with Gasteiger partial charge in [0.15, 0.2) is 11.5 Å². The molecule has 122 valence electrons. The van der Waals surface area contributed by atoms with Gasteiger partial charge in [0.05, 0.1) is 28.8 Å². The number of ether oxygens (including phenoxy) is 2. The first-order valence-corrected chi connectivity index (χ1v) is 7.88. The summed E-state index contributed by atoms with van der Waals surface area (Å²) in [5.74, 6) is 0.964. The fraction of sp³-hybridized carbons (Fsp3) is 0.176.